The fraction of sp³-hybridized carbons (Fsp3) is 0.311. The van der Waals surface area contributed by atoms with Gasteiger partial charge in [0.05, 0.1) is 131 Å². The number of rotatable bonds is 18. The van der Waals surface area contributed by atoms with E-state index in [1.807, 2.05) is 25.1 Å². The summed E-state index contributed by atoms with van der Waals surface area (Å²) in [7, 11) is 2.94. The summed E-state index contributed by atoms with van der Waals surface area (Å²) in [5, 5.41) is 15.3. The Kier molecular flexibility index (Phi) is 17.0. The lowest BCUT2D eigenvalue weighted by molar-refractivity contribution is -0.114. The maximum absolute atomic E-state index is 15.9. The molecule has 4 atom stereocenters. The predicted octanol–water partition coefficient (Wildman–Crippen LogP) is 13.1. The van der Waals surface area contributed by atoms with Gasteiger partial charge in [-0.1, -0.05) is 0 Å². The van der Waals surface area contributed by atoms with E-state index in [-0.39, 0.29) is 66.9 Å². The Balaban J connectivity index is 0.673. The number of thiazole rings is 2. The van der Waals surface area contributed by atoms with Gasteiger partial charge in [-0.3, -0.25) is 20.6 Å². The highest BCUT2D eigenvalue weighted by Crippen LogP contribution is 2.43. The Labute approximate surface area is 509 Å². The first-order valence-electron chi connectivity index (χ1n) is 27.8. The third-order valence-corrected chi connectivity index (χ3v) is 16.9. The number of fused-ring (bicyclic) bond motifs is 4. The van der Waals surface area contributed by atoms with Gasteiger partial charge in [0.1, 0.15) is 34.4 Å². The maximum Gasteiger partial charge on any atom is 0.412 e. The van der Waals surface area contributed by atoms with E-state index in [1.165, 1.54) is 92.0 Å². The van der Waals surface area contributed by atoms with Gasteiger partial charge in [-0.15, -0.1) is 22.7 Å². The molecule has 2 aliphatic rings. The smallest absolute Gasteiger partial charge is 0.412 e. The van der Waals surface area contributed by atoms with E-state index in [4.69, 9.17) is 38.1 Å². The highest BCUT2D eigenvalue weighted by Gasteiger charge is 2.46. The van der Waals surface area contributed by atoms with Crippen LogP contribution in [-0.4, -0.2) is 114 Å². The molecule has 0 unspecified atom stereocenters. The molecule has 10 aromatic rings. The summed E-state index contributed by atoms with van der Waals surface area (Å²) in [6.07, 6.45) is -4.42. The summed E-state index contributed by atoms with van der Waals surface area (Å²) in [5.41, 5.74) is 6.80. The Bertz CT molecular complexity index is 4300. The van der Waals surface area contributed by atoms with Crippen LogP contribution >= 0.6 is 22.7 Å². The number of pyridine rings is 2. The van der Waals surface area contributed by atoms with Crippen LogP contribution in [0.5, 0.6) is 23.3 Å². The second kappa shape index (κ2) is 25.2. The van der Waals surface area contributed by atoms with E-state index in [2.05, 4.69) is 45.5 Å². The van der Waals surface area contributed by atoms with E-state index in [0.717, 1.165) is 11.6 Å². The Morgan fingerprint density at radius 2 is 1.11 bits per heavy atom. The average molecular weight is 1260 g/mol. The number of benzene rings is 4. The van der Waals surface area contributed by atoms with Crippen LogP contribution < -0.4 is 29.6 Å². The Morgan fingerprint density at radius 3 is 1.61 bits per heavy atom. The number of alkyl halides is 4. The molecule has 0 saturated heterocycles. The fourth-order valence-electron chi connectivity index (χ4n) is 10.4. The number of hydrogen-bond acceptors (Lipinski definition) is 20. The molecule has 6 heterocycles. The van der Waals surface area contributed by atoms with Crippen molar-refractivity contribution in [3.05, 3.63) is 132 Å². The quantitative estimate of drug-likeness (QED) is 0.0534. The van der Waals surface area contributed by atoms with Crippen molar-refractivity contribution in [1.82, 2.24) is 39.9 Å². The van der Waals surface area contributed by atoms with Gasteiger partial charge in [0.2, 0.25) is 11.8 Å². The summed E-state index contributed by atoms with van der Waals surface area (Å²) in [6.45, 7) is 1.88. The zero-order valence-electron chi connectivity index (χ0n) is 47.4. The second-order valence-electron chi connectivity index (χ2n) is 21.2. The van der Waals surface area contributed by atoms with Crippen LogP contribution in [0.15, 0.2) is 97.6 Å². The molecular formula is C61H52F6N10O10S2. The van der Waals surface area contributed by atoms with Crippen LogP contribution in [0.25, 0.3) is 63.6 Å². The van der Waals surface area contributed by atoms with E-state index in [1.54, 1.807) is 18.2 Å². The lowest BCUT2D eigenvalue weighted by Crippen LogP contribution is -2.45. The zero-order chi connectivity index (χ0) is 62.1. The third-order valence-electron chi connectivity index (χ3n) is 14.8. The largest absolute Gasteiger partial charge is 0.483 e. The van der Waals surface area contributed by atoms with E-state index >= 15 is 8.78 Å². The molecule has 20 nitrogen and oxygen atoms in total. The number of carbonyl (C=O) groups is 2. The lowest BCUT2D eigenvalue weighted by Gasteiger charge is -2.35. The maximum atomic E-state index is 15.9. The number of aromatic nitrogens is 8. The van der Waals surface area contributed by atoms with E-state index in [9.17, 15) is 32.3 Å². The first-order valence-corrected chi connectivity index (χ1v) is 29.5. The molecule has 460 valence electrons. The number of ether oxygens (including phenoxy) is 7. The number of anilines is 2. The number of nitrogens with one attached hydrogen (secondary N) is 2. The SMILES string of the molecule is COc1cnc2c(-c3nc4cc(F)c(O[C@H]5CC(F)(F)CC[C@H]5OC(=O)Nc5ccc(CCOCc6cc(-c7nc8cc(F)c(O[C@H]9CC(F)(F)CC[C@H]9OC(=O)Nc9ccc(CO)nc9)cc8s7)c7ncc(OC)nc7c6)nc5)cc4s3)cc(C)cc2n1. The van der Waals surface area contributed by atoms with Crippen LogP contribution in [0.3, 0.4) is 0 Å². The lowest BCUT2D eigenvalue weighted by atomic mass is 9.91. The average Bonchev–Trinajstić information content (AvgIpc) is 1.91. The molecule has 12 rings (SSSR count). The van der Waals surface area contributed by atoms with Crippen molar-refractivity contribution in [2.45, 2.75) is 101 Å². The van der Waals surface area contributed by atoms with Crippen LogP contribution in [0.2, 0.25) is 0 Å². The van der Waals surface area contributed by atoms with Gasteiger partial charge in [-0.25, -0.2) is 65.8 Å². The number of aryl methyl sites for hydroxylation is 1. The third kappa shape index (κ3) is 13.8. The molecule has 89 heavy (non-hydrogen) atoms. The molecule has 6 aromatic heterocycles. The van der Waals surface area contributed by atoms with Crippen LogP contribution in [-0.2, 0) is 33.8 Å². The van der Waals surface area contributed by atoms with E-state index in [0.29, 0.717) is 87.4 Å². The second-order valence-corrected chi connectivity index (χ2v) is 23.3. The number of aliphatic hydroxyl groups excluding tert-OH is 1. The summed E-state index contributed by atoms with van der Waals surface area (Å²) >= 11 is 2.40. The first-order chi connectivity index (χ1) is 42.8. The van der Waals surface area contributed by atoms with Crippen molar-refractivity contribution in [2.24, 2.45) is 0 Å². The number of nitrogens with zero attached hydrogens (tertiary/aromatic N) is 8. The summed E-state index contributed by atoms with van der Waals surface area (Å²) < 4.78 is 132. The monoisotopic (exact) mass is 1260 g/mol. The van der Waals surface area contributed by atoms with Crippen LogP contribution in [0.4, 0.5) is 47.3 Å². The minimum atomic E-state index is -3.17. The highest BCUT2D eigenvalue weighted by atomic mass is 32.1. The normalized spacial score (nSPS) is 18.0. The summed E-state index contributed by atoms with van der Waals surface area (Å²) in [4.78, 5) is 62.1. The van der Waals surface area contributed by atoms with Gasteiger partial charge in [0.15, 0.2) is 23.1 Å². The van der Waals surface area contributed by atoms with Crippen LogP contribution in [0, 0.1) is 18.6 Å². The molecule has 4 aromatic carbocycles. The fourth-order valence-corrected chi connectivity index (χ4v) is 12.4. The van der Waals surface area contributed by atoms with Crippen molar-refractivity contribution in [3.63, 3.8) is 0 Å². The van der Waals surface area contributed by atoms with Crippen molar-refractivity contribution in [1.29, 1.82) is 0 Å². The minimum Gasteiger partial charge on any atom is -0.483 e. The minimum absolute atomic E-state index is 0.0917. The number of hydrogen-bond donors (Lipinski definition) is 3. The molecule has 0 bridgehead atoms. The van der Waals surface area contributed by atoms with E-state index < -0.39 is 85.8 Å². The Hall–Kier alpha value is -9.12. The van der Waals surface area contributed by atoms with Crippen LogP contribution in [0.1, 0.15) is 61.0 Å². The number of methoxy groups -OCH3 is 2. The van der Waals surface area contributed by atoms with Crippen molar-refractivity contribution in [3.8, 4) is 44.4 Å². The number of aliphatic hydroxyl groups is 1. The van der Waals surface area contributed by atoms with Gasteiger partial charge in [-0.2, -0.15) is 0 Å². The van der Waals surface area contributed by atoms with Gasteiger partial charge in [0.25, 0.3) is 11.8 Å². The molecule has 2 saturated carbocycles. The summed E-state index contributed by atoms with van der Waals surface area (Å²) in [5.74, 6) is -8.12. The van der Waals surface area contributed by atoms with Gasteiger partial charge < -0.3 is 38.3 Å². The van der Waals surface area contributed by atoms with Gasteiger partial charge in [-0.05, 0) is 79.4 Å². The topological polar surface area (TPSA) is 246 Å². The standard InChI is InChI=1S/C61H52F6N10O10S2/c1-30-14-36(54-42(15-30)74-52(81-2)26-70-54)56-76-40-18-38(62)46(20-50(40)88-56)84-48-22-60(64,65)11-8-44(48)86-58(79)72-33-5-4-32(68-24-33)10-13-83-29-31-16-37(55-43(17-31)75-53(82-3)27-71-55)57-77-41-19-39(63)47(21-51(41)89-57)85-49-23-61(66,67)12-9-45(49)87-59(80)73-34-6-7-35(28-78)69-25-34/h4-7,14-21,24-27,44-45,48-49,78H,8-13,22-23,28-29H2,1-3H3,(H,72,79)(H,73,80)/t44-,45-,48+,49+/m1/s1. The molecule has 28 heteroatoms. The summed E-state index contributed by atoms with van der Waals surface area (Å²) in [6, 6.07) is 18.6. The first kappa shape index (κ1) is 60.2. The van der Waals surface area contributed by atoms with Crippen molar-refractivity contribution < 1.29 is 74.2 Å². The number of carbonyl (C=O) groups excluding carboxylic acids is 2. The Morgan fingerprint density at radius 1 is 0.607 bits per heavy atom. The molecule has 0 spiro atoms. The predicted molar refractivity (Wildman–Crippen MR) is 316 cm³/mol. The highest BCUT2D eigenvalue weighted by molar-refractivity contribution is 7.22. The molecule has 2 aliphatic carbocycles. The molecule has 2 amide bonds. The number of halogens is 6. The van der Waals surface area contributed by atoms with Crippen molar-refractivity contribution >= 4 is 88.7 Å². The molecule has 3 N–H and O–H groups in total. The number of amides is 2. The molecular weight excluding hydrogens is 1210 g/mol. The molecule has 2 fully saturated rings. The van der Waals surface area contributed by atoms with Crippen molar-refractivity contribution in [2.75, 3.05) is 31.5 Å². The zero-order valence-corrected chi connectivity index (χ0v) is 49.0. The van der Waals surface area contributed by atoms with Gasteiger partial charge >= 0.3 is 12.2 Å². The van der Waals surface area contributed by atoms with Gasteiger partial charge in [0, 0.05) is 60.3 Å². The molecule has 0 aliphatic heterocycles. The molecule has 0 radical (unpaired) electrons.